The zero-order valence-electron chi connectivity index (χ0n) is 14.2. The van der Waals surface area contributed by atoms with E-state index in [1.165, 1.54) is 6.07 Å². The van der Waals surface area contributed by atoms with Crippen molar-refractivity contribution in [3.63, 3.8) is 0 Å². The van der Waals surface area contributed by atoms with Gasteiger partial charge in [-0.25, -0.2) is 4.79 Å². The Labute approximate surface area is 162 Å². The lowest BCUT2D eigenvalue weighted by Crippen LogP contribution is -2.35. The number of anilines is 1. The van der Waals surface area contributed by atoms with Crippen molar-refractivity contribution in [1.29, 1.82) is 0 Å². The maximum absolute atomic E-state index is 13.0. The fraction of sp³-hybridized carbons (Fsp3) is 0.222. The zero-order chi connectivity index (χ0) is 19.9. The third-order valence-corrected chi connectivity index (χ3v) is 4.87. The van der Waals surface area contributed by atoms with Crippen LogP contribution in [0, 0.1) is 0 Å². The standard InChI is InChI=1S/C18H14ClF3N4O2/c19-15-11(18(20,21)22)5-4-9-13(6-7-28-16(9)15)25-17(27)24-12-2-1-3-14-10(12)8-23-26-14/h1-5,8,13H,6-7H2,(H,23,26)(H2,24,25,27). The summed E-state index contributed by atoms with van der Waals surface area (Å²) >= 11 is 5.91. The van der Waals surface area contributed by atoms with Gasteiger partial charge in [0.1, 0.15) is 5.75 Å². The number of carbonyl (C=O) groups excluding carboxylic acids is 1. The molecule has 2 heterocycles. The fourth-order valence-corrected chi connectivity index (χ4v) is 3.52. The van der Waals surface area contributed by atoms with Crippen LogP contribution < -0.4 is 15.4 Å². The number of halogens is 4. The number of alkyl halides is 3. The minimum Gasteiger partial charge on any atom is -0.492 e. The average Bonchev–Trinajstić information content (AvgIpc) is 3.11. The minimum atomic E-state index is -4.59. The lowest BCUT2D eigenvalue weighted by atomic mass is 9.98. The Hall–Kier alpha value is -2.94. The SMILES string of the molecule is O=C(Nc1cccc2[nH]ncc12)NC1CCOc2c1ccc(C(F)(F)F)c2Cl. The molecule has 0 saturated heterocycles. The zero-order valence-corrected chi connectivity index (χ0v) is 15.0. The van der Waals surface area contributed by atoms with E-state index in [0.29, 0.717) is 17.7 Å². The normalized spacial score (nSPS) is 16.4. The molecule has 1 aliphatic heterocycles. The molecule has 2 amide bonds. The Balaban J connectivity index is 1.56. The van der Waals surface area contributed by atoms with E-state index in [0.717, 1.165) is 17.0 Å². The highest BCUT2D eigenvalue weighted by Crippen LogP contribution is 2.44. The van der Waals surface area contributed by atoms with Crippen LogP contribution in [0.5, 0.6) is 5.75 Å². The van der Waals surface area contributed by atoms with Gasteiger partial charge in [0.2, 0.25) is 0 Å². The van der Waals surface area contributed by atoms with Gasteiger partial charge in [-0.2, -0.15) is 18.3 Å². The molecule has 2 aromatic carbocycles. The number of rotatable bonds is 2. The number of nitrogens with zero attached hydrogens (tertiary/aromatic N) is 1. The third kappa shape index (κ3) is 3.33. The van der Waals surface area contributed by atoms with Crippen LogP contribution in [0.4, 0.5) is 23.7 Å². The fourth-order valence-electron chi connectivity index (χ4n) is 3.19. The molecule has 146 valence electrons. The van der Waals surface area contributed by atoms with Crippen LogP contribution in [-0.2, 0) is 6.18 Å². The van der Waals surface area contributed by atoms with E-state index in [1.807, 2.05) is 6.07 Å². The van der Waals surface area contributed by atoms with Crippen molar-refractivity contribution < 1.29 is 22.7 Å². The molecular weight excluding hydrogens is 397 g/mol. The number of aromatic nitrogens is 2. The second-order valence-corrected chi connectivity index (χ2v) is 6.65. The van der Waals surface area contributed by atoms with Gasteiger partial charge in [0.05, 0.1) is 40.6 Å². The highest BCUT2D eigenvalue weighted by molar-refractivity contribution is 6.33. The molecule has 10 heteroatoms. The van der Waals surface area contributed by atoms with Gasteiger partial charge in [0, 0.05) is 17.4 Å². The summed E-state index contributed by atoms with van der Waals surface area (Å²) in [5.74, 6) is -0.0509. The molecule has 0 aliphatic carbocycles. The first-order valence-corrected chi connectivity index (χ1v) is 8.74. The molecule has 28 heavy (non-hydrogen) atoms. The lowest BCUT2D eigenvalue weighted by Gasteiger charge is -2.28. The Morgan fingerprint density at radius 3 is 2.89 bits per heavy atom. The van der Waals surface area contributed by atoms with Crippen LogP contribution in [0.25, 0.3) is 10.9 Å². The Morgan fingerprint density at radius 2 is 2.11 bits per heavy atom. The monoisotopic (exact) mass is 410 g/mol. The van der Waals surface area contributed by atoms with Gasteiger partial charge in [0.25, 0.3) is 0 Å². The van der Waals surface area contributed by atoms with Crippen molar-refractivity contribution >= 4 is 34.2 Å². The van der Waals surface area contributed by atoms with Crippen LogP contribution in [0.3, 0.4) is 0 Å². The molecular formula is C18H14ClF3N4O2. The summed E-state index contributed by atoms with van der Waals surface area (Å²) in [7, 11) is 0. The van der Waals surface area contributed by atoms with Crippen molar-refractivity contribution in [1.82, 2.24) is 15.5 Å². The van der Waals surface area contributed by atoms with Crippen molar-refractivity contribution in [3.05, 3.63) is 52.7 Å². The van der Waals surface area contributed by atoms with E-state index < -0.39 is 28.8 Å². The number of urea groups is 1. The number of H-pyrrole nitrogens is 1. The summed E-state index contributed by atoms with van der Waals surface area (Å²) in [6.45, 7) is 0.135. The number of benzene rings is 2. The van der Waals surface area contributed by atoms with Gasteiger partial charge in [-0.1, -0.05) is 23.7 Å². The van der Waals surface area contributed by atoms with E-state index in [9.17, 15) is 18.0 Å². The Bertz CT molecular complexity index is 1050. The van der Waals surface area contributed by atoms with Crippen LogP contribution in [0.1, 0.15) is 23.6 Å². The maximum Gasteiger partial charge on any atom is 0.417 e. The van der Waals surface area contributed by atoms with Crippen molar-refractivity contribution in [2.24, 2.45) is 0 Å². The van der Waals surface area contributed by atoms with Crippen molar-refractivity contribution in [3.8, 4) is 5.75 Å². The largest absolute Gasteiger partial charge is 0.492 e. The molecule has 1 unspecified atom stereocenters. The molecule has 6 nitrogen and oxygen atoms in total. The molecule has 1 atom stereocenters. The number of amides is 2. The van der Waals surface area contributed by atoms with Gasteiger partial charge in [-0.15, -0.1) is 0 Å². The van der Waals surface area contributed by atoms with Crippen LogP contribution in [0.2, 0.25) is 5.02 Å². The van der Waals surface area contributed by atoms with Crippen LogP contribution in [0.15, 0.2) is 36.5 Å². The molecule has 3 aromatic rings. The van der Waals surface area contributed by atoms with Crippen molar-refractivity contribution in [2.75, 3.05) is 11.9 Å². The molecule has 0 radical (unpaired) electrons. The number of hydrogen-bond acceptors (Lipinski definition) is 3. The highest BCUT2D eigenvalue weighted by Gasteiger charge is 2.37. The third-order valence-electron chi connectivity index (χ3n) is 4.50. The van der Waals surface area contributed by atoms with E-state index in [4.69, 9.17) is 16.3 Å². The lowest BCUT2D eigenvalue weighted by molar-refractivity contribution is -0.137. The average molecular weight is 411 g/mol. The van der Waals surface area contributed by atoms with Gasteiger partial charge in [-0.05, 0) is 18.2 Å². The molecule has 4 rings (SSSR count). The number of carbonyl (C=O) groups is 1. The predicted molar refractivity (Wildman–Crippen MR) is 97.6 cm³/mol. The minimum absolute atomic E-state index is 0.0509. The first kappa shape index (κ1) is 18.4. The van der Waals surface area contributed by atoms with Crippen LogP contribution >= 0.6 is 11.6 Å². The highest BCUT2D eigenvalue weighted by atomic mass is 35.5. The summed E-state index contributed by atoms with van der Waals surface area (Å²) in [4.78, 5) is 12.5. The summed E-state index contributed by atoms with van der Waals surface area (Å²) in [6, 6.07) is 6.45. The molecule has 0 spiro atoms. The Morgan fingerprint density at radius 1 is 1.29 bits per heavy atom. The number of hydrogen-bond donors (Lipinski definition) is 3. The van der Waals surface area contributed by atoms with E-state index in [-0.39, 0.29) is 12.4 Å². The number of fused-ring (bicyclic) bond motifs is 2. The quantitative estimate of drug-likeness (QED) is 0.563. The van der Waals surface area contributed by atoms with Crippen LogP contribution in [-0.4, -0.2) is 22.8 Å². The maximum atomic E-state index is 13.0. The number of nitrogens with one attached hydrogen (secondary N) is 3. The summed E-state index contributed by atoms with van der Waals surface area (Å²) in [6.07, 6.45) is -2.60. The van der Waals surface area contributed by atoms with Gasteiger partial charge in [0.15, 0.2) is 0 Å². The second kappa shape index (κ2) is 6.90. The summed E-state index contributed by atoms with van der Waals surface area (Å²) < 4.78 is 44.5. The summed E-state index contributed by atoms with van der Waals surface area (Å²) in [5.41, 5.74) is 0.757. The topological polar surface area (TPSA) is 79.0 Å². The number of aromatic amines is 1. The first-order chi connectivity index (χ1) is 13.3. The molecule has 1 aromatic heterocycles. The molecule has 0 fully saturated rings. The molecule has 3 N–H and O–H groups in total. The van der Waals surface area contributed by atoms with E-state index in [2.05, 4.69) is 20.8 Å². The smallest absolute Gasteiger partial charge is 0.417 e. The molecule has 1 aliphatic rings. The number of ether oxygens (including phenoxy) is 1. The van der Waals surface area contributed by atoms with E-state index >= 15 is 0 Å². The molecule has 0 bridgehead atoms. The predicted octanol–water partition coefficient (Wildman–Crippen LogP) is 4.88. The molecule has 0 saturated carbocycles. The van der Waals surface area contributed by atoms with Gasteiger partial charge >= 0.3 is 12.2 Å². The van der Waals surface area contributed by atoms with E-state index in [1.54, 1.807) is 18.3 Å². The Kier molecular flexibility index (Phi) is 4.54. The van der Waals surface area contributed by atoms with Gasteiger partial charge < -0.3 is 15.4 Å². The van der Waals surface area contributed by atoms with Crippen molar-refractivity contribution in [2.45, 2.75) is 18.6 Å². The van der Waals surface area contributed by atoms with Gasteiger partial charge in [-0.3, -0.25) is 5.10 Å². The second-order valence-electron chi connectivity index (χ2n) is 6.27. The summed E-state index contributed by atoms with van der Waals surface area (Å²) in [5, 5.41) is 12.5. The first-order valence-electron chi connectivity index (χ1n) is 8.36.